The summed E-state index contributed by atoms with van der Waals surface area (Å²) >= 11 is 0. The van der Waals surface area contributed by atoms with Gasteiger partial charge in [-0.1, -0.05) is 104 Å². The monoisotopic (exact) mass is 639 g/mol. The molecule has 0 aromatic heterocycles. The number of ether oxygens (including phenoxy) is 4. The zero-order valence-corrected chi connectivity index (χ0v) is 30.4. The molecule has 0 bridgehead atoms. The molecule has 0 aliphatic carbocycles. The predicted molar refractivity (Wildman–Crippen MR) is 193 cm³/mol. The van der Waals surface area contributed by atoms with Crippen LogP contribution in [-0.2, 0) is 25.9 Å². The third-order valence-corrected chi connectivity index (χ3v) is 9.38. The zero-order chi connectivity index (χ0) is 33.0. The maximum absolute atomic E-state index is 6.44. The molecule has 46 heavy (non-hydrogen) atoms. The first-order chi connectivity index (χ1) is 22.6. The minimum atomic E-state index is 0.748. The molecule has 260 valence electrons. The van der Waals surface area contributed by atoms with Crippen molar-refractivity contribution >= 4 is 0 Å². The van der Waals surface area contributed by atoms with Gasteiger partial charge in [-0.15, -0.1) is 0 Å². The van der Waals surface area contributed by atoms with Crippen molar-refractivity contribution < 1.29 is 18.9 Å². The molecule has 6 heteroatoms. The highest BCUT2D eigenvalue weighted by atomic mass is 16.5. The van der Waals surface area contributed by atoms with Crippen molar-refractivity contribution in [3.05, 3.63) is 46.5 Å². The first-order valence-electron chi connectivity index (χ1n) is 18.7. The fourth-order valence-electron chi connectivity index (χ4n) is 6.42. The molecular weight excluding hydrogens is 572 g/mol. The lowest BCUT2D eigenvalue weighted by molar-refractivity contribution is 0.119. The topological polar surface area (TPSA) is 43.4 Å². The van der Waals surface area contributed by atoms with Gasteiger partial charge in [-0.2, -0.15) is 0 Å². The summed E-state index contributed by atoms with van der Waals surface area (Å²) < 4.78 is 24.6. The largest absolute Gasteiger partial charge is 0.493 e. The standard InChI is InChI=1S/C40H66N2O4/c1-7-11-13-15-17-19-25-45-39-35(27-33(9-3)29-37(39)43-5)31-41-21-23-42(24-22-41)32-36-28-34(10-4)30-38(44-6)40(36)46-26-20-18-16-14-12-8-2/h27-30H,7-26,31-32H2,1-6H3. The number of aryl methyl sites for hydroxylation is 2. The molecule has 1 saturated heterocycles. The number of piperazine rings is 1. The van der Waals surface area contributed by atoms with E-state index in [1.165, 1.54) is 86.5 Å². The molecule has 0 saturated carbocycles. The zero-order valence-electron chi connectivity index (χ0n) is 30.4. The van der Waals surface area contributed by atoms with E-state index in [-0.39, 0.29) is 0 Å². The molecule has 1 heterocycles. The van der Waals surface area contributed by atoms with E-state index in [1.54, 1.807) is 14.2 Å². The summed E-state index contributed by atoms with van der Waals surface area (Å²) in [6.45, 7) is 16.3. The minimum absolute atomic E-state index is 0.748. The fraction of sp³-hybridized carbons (Fsp3) is 0.700. The SMILES string of the molecule is CCCCCCCCOc1c(CN2CCN(Cc3cc(CC)cc(OC)c3OCCCCCCCC)CC2)cc(CC)cc1OC. The number of hydrogen-bond donors (Lipinski definition) is 0. The Hall–Kier alpha value is -2.44. The van der Waals surface area contributed by atoms with Crippen molar-refractivity contribution in [2.75, 3.05) is 53.6 Å². The van der Waals surface area contributed by atoms with Gasteiger partial charge >= 0.3 is 0 Å². The molecule has 1 aliphatic heterocycles. The summed E-state index contributed by atoms with van der Waals surface area (Å²) in [5.41, 5.74) is 5.11. The molecule has 0 N–H and O–H groups in total. The lowest BCUT2D eigenvalue weighted by Gasteiger charge is -2.35. The van der Waals surface area contributed by atoms with Crippen molar-refractivity contribution in [2.45, 2.75) is 131 Å². The summed E-state index contributed by atoms with van der Waals surface area (Å²) in [5, 5.41) is 0. The van der Waals surface area contributed by atoms with Crippen LogP contribution in [-0.4, -0.2) is 63.4 Å². The number of nitrogens with zero attached hydrogens (tertiary/aromatic N) is 2. The van der Waals surface area contributed by atoms with E-state index in [1.807, 2.05) is 0 Å². The van der Waals surface area contributed by atoms with Crippen LogP contribution in [0.25, 0.3) is 0 Å². The Balaban J connectivity index is 1.61. The summed E-state index contributed by atoms with van der Waals surface area (Å²) in [6.07, 6.45) is 17.1. The Kier molecular flexibility index (Phi) is 18.3. The molecular formula is C40H66N2O4. The van der Waals surface area contributed by atoms with Crippen molar-refractivity contribution in [3.63, 3.8) is 0 Å². The second-order valence-electron chi connectivity index (χ2n) is 13.1. The second kappa shape index (κ2) is 22.2. The van der Waals surface area contributed by atoms with E-state index >= 15 is 0 Å². The lowest BCUT2D eigenvalue weighted by Crippen LogP contribution is -2.45. The molecule has 0 unspecified atom stereocenters. The average molecular weight is 639 g/mol. The Morgan fingerprint density at radius 3 is 1.22 bits per heavy atom. The Labute approximate surface area is 282 Å². The highest BCUT2D eigenvalue weighted by Crippen LogP contribution is 2.36. The summed E-state index contributed by atoms with van der Waals surface area (Å²) in [5.74, 6) is 3.62. The summed E-state index contributed by atoms with van der Waals surface area (Å²) in [4.78, 5) is 5.14. The van der Waals surface area contributed by atoms with Crippen LogP contribution in [0, 0.1) is 0 Å². The normalized spacial score (nSPS) is 14.0. The van der Waals surface area contributed by atoms with Gasteiger partial charge in [-0.25, -0.2) is 0 Å². The van der Waals surface area contributed by atoms with Crippen LogP contribution in [0.5, 0.6) is 23.0 Å². The maximum atomic E-state index is 6.44. The smallest absolute Gasteiger partial charge is 0.165 e. The van der Waals surface area contributed by atoms with E-state index < -0.39 is 0 Å². The molecule has 3 rings (SSSR count). The highest BCUT2D eigenvalue weighted by Gasteiger charge is 2.23. The number of rotatable bonds is 24. The Bertz CT molecular complexity index is 1030. The van der Waals surface area contributed by atoms with Gasteiger partial charge < -0.3 is 18.9 Å². The van der Waals surface area contributed by atoms with Crippen molar-refractivity contribution in [3.8, 4) is 23.0 Å². The molecule has 1 fully saturated rings. The highest BCUT2D eigenvalue weighted by molar-refractivity contribution is 5.50. The van der Waals surface area contributed by atoms with Crippen LogP contribution in [0.15, 0.2) is 24.3 Å². The van der Waals surface area contributed by atoms with Gasteiger partial charge in [0.25, 0.3) is 0 Å². The molecule has 0 atom stereocenters. The number of unbranched alkanes of at least 4 members (excludes halogenated alkanes) is 10. The first kappa shape index (κ1) is 38.0. The van der Waals surface area contributed by atoms with Crippen LogP contribution in [0.2, 0.25) is 0 Å². The van der Waals surface area contributed by atoms with E-state index in [0.717, 1.165) is 101 Å². The van der Waals surface area contributed by atoms with Gasteiger partial charge in [-0.3, -0.25) is 9.80 Å². The Morgan fingerprint density at radius 2 is 0.870 bits per heavy atom. The molecule has 1 aliphatic rings. The molecule has 0 spiro atoms. The number of benzene rings is 2. The second-order valence-corrected chi connectivity index (χ2v) is 13.1. The quantitative estimate of drug-likeness (QED) is 0.107. The summed E-state index contributed by atoms with van der Waals surface area (Å²) in [7, 11) is 3.53. The lowest BCUT2D eigenvalue weighted by atomic mass is 10.0. The van der Waals surface area contributed by atoms with Crippen LogP contribution >= 0.6 is 0 Å². The maximum Gasteiger partial charge on any atom is 0.165 e. The van der Waals surface area contributed by atoms with Crippen LogP contribution in [0.3, 0.4) is 0 Å². The van der Waals surface area contributed by atoms with E-state index in [0.29, 0.717) is 0 Å². The van der Waals surface area contributed by atoms with Gasteiger partial charge in [0.15, 0.2) is 23.0 Å². The van der Waals surface area contributed by atoms with Gasteiger partial charge in [0.1, 0.15) is 0 Å². The predicted octanol–water partition coefficient (Wildman–Crippen LogP) is 9.62. The number of methoxy groups -OCH3 is 2. The first-order valence-corrected chi connectivity index (χ1v) is 18.7. The van der Waals surface area contributed by atoms with Gasteiger partial charge in [-0.05, 0) is 48.9 Å². The third-order valence-electron chi connectivity index (χ3n) is 9.38. The van der Waals surface area contributed by atoms with Gasteiger partial charge in [0, 0.05) is 50.4 Å². The van der Waals surface area contributed by atoms with Gasteiger partial charge in [0.05, 0.1) is 27.4 Å². The summed E-state index contributed by atoms with van der Waals surface area (Å²) in [6, 6.07) is 8.98. The minimum Gasteiger partial charge on any atom is -0.493 e. The van der Waals surface area contributed by atoms with Crippen LogP contribution < -0.4 is 18.9 Å². The average Bonchev–Trinajstić information content (AvgIpc) is 3.08. The van der Waals surface area contributed by atoms with Crippen molar-refractivity contribution in [1.82, 2.24) is 9.80 Å². The molecule has 0 radical (unpaired) electrons. The molecule has 2 aromatic carbocycles. The van der Waals surface area contributed by atoms with Crippen molar-refractivity contribution in [1.29, 1.82) is 0 Å². The molecule has 0 amide bonds. The van der Waals surface area contributed by atoms with Crippen molar-refractivity contribution in [2.24, 2.45) is 0 Å². The molecule has 2 aromatic rings. The van der Waals surface area contributed by atoms with Crippen LogP contribution in [0.4, 0.5) is 0 Å². The van der Waals surface area contributed by atoms with Gasteiger partial charge in [0.2, 0.25) is 0 Å². The van der Waals surface area contributed by atoms with E-state index in [9.17, 15) is 0 Å². The Morgan fingerprint density at radius 1 is 0.500 bits per heavy atom. The molecule has 6 nitrogen and oxygen atoms in total. The fourth-order valence-corrected chi connectivity index (χ4v) is 6.42. The van der Waals surface area contributed by atoms with E-state index in [2.05, 4.69) is 61.8 Å². The third kappa shape index (κ3) is 12.6. The number of hydrogen-bond acceptors (Lipinski definition) is 6. The van der Waals surface area contributed by atoms with Crippen LogP contribution in [0.1, 0.15) is 127 Å². The van der Waals surface area contributed by atoms with E-state index in [4.69, 9.17) is 18.9 Å².